The van der Waals surface area contributed by atoms with Gasteiger partial charge >= 0.3 is 0 Å². The number of hydrogen-bond donors (Lipinski definition) is 1. The molecule has 1 aromatic rings. The summed E-state index contributed by atoms with van der Waals surface area (Å²) in [6.45, 7) is 0.484. The molecule has 0 heterocycles. The van der Waals surface area contributed by atoms with Crippen molar-refractivity contribution in [3.05, 3.63) is 34.9 Å². The second kappa shape index (κ2) is 6.22. The first kappa shape index (κ1) is 12.7. The summed E-state index contributed by atoms with van der Waals surface area (Å²) in [7, 11) is 1.64. The van der Waals surface area contributed by atoms with Gasteiger partial charge in [0.1, 0.15) is 0 Å². The van der Waals surface area contributed by atoms with Gasteiger partial charge in [-0.15, -0.1) is 12.4 Å². The second-order valence-electron chi connectivity index (χ2n) is 2.51. The summed E-state index contributed by atoms with van der Waals surface area (Å²) in [6, 6.07) is 7.50. The van der Waals surface area contributed by atoms with Crippen molar-refractivity contribution in [2.45, 2.75) is 6.10 Å². The molecule has 0 bridgehead atoms. The Hall–Kier alpha value is -0.280. The van der Waals surface area contributed by atoms with Gasteiger partial charge in [0.15, 0.2) is 0 Å². The number of rotatable bonds is 3. The molecule has 0 fully saturated rings. The Morgan fingerprint density at radius 3 is 2.31 bits per heavy atom. The van der Waals surface area contributed by atoms with Crippen molar-refractivity contribution in [2.24, 2.45) is 5.73 Å². The Balaban J connectivity index is 0.00000144. The molecule has 0 spiro atoms. The van der Waals surface area contributed by atoms with Gasteiger partial charge in [-0.05, 0) is 17.7 Å². The van der Waals surface area contributed by atoms with Crippen LogP contribution in [0.4, 0.5) is 0 Å². The fraction of sp³-hybridized carbons (Fsp3) is 0.333. The molecule has 2 nitrogen and oxygen atoms in total. The van der Waals surface area contributed by atoms with E-state index in [1.54, 1.807) is 7.11 Å². The molecule has 4 heteroatoms. The molecule has 1 unspecified atom stereocenters. The van der Waals surface area contributed by atoms with E-state index in [0.717, 1.165) is 10.6 Å². The molecule has 0 saturated carbocycles. The van der Waals surface area contributed by atoms with E-state index in [4.69, 9.17) is 22.1 Å². The van der Waals surface area contributed by atoms with Gasteiger partial charge in [-0.3, -0.25) is 0 Å². The van der Waals surface area contributed by atoms with Crippen LogP contribution in [0.2, 0.25) is 5.02 Å². The van der Waals surface area contributed by atoms with Crippen molar-refractivity contribution in [1.82, 2.24) is 0 Å². The Labute approximate surface area is 89.4 Å². The molecule has 0 amide bonds. The third kappa shape index (κ3) is 3.53. The minimum absolute atomic E-state index is 0. The van der Waals surface area contributed by atoms with Gasteiger partial charge < -0.3 is 10.5 Å². The molecular weight excluding hydrogens is 209 g/mol. The average Bonchev–Trinajstić information content (AvgIpc) is 2.10. The van der Waals surface area contributed by atoms with Crippen LogP contribution < -0.4 is 5.73 Å². The lowest BCUT2D eigenvalue weighted by Gasteiger charge is -2.12. The Morgan fingerprint density at radius 1 is 1.38 bits per heavy atom. The van der Waals surface area contributed by atoms with E-state index < -0.39 is 0 Å². The lowest BCUT2D eigenvalue weighted by Crippen LogP contribution is -2.13. The maximum absolute atomic E-state index is 5.73. The molecule has 1 atom stereocenters. The highest BCUT2D eigenvalue weighted by Gasteiger charge is 2.06. The molecule has 0 radical (unpaired) electrons. The first-order valence-electron chi connectivity index (χ1n) is 3.76. The maximum Gasteiger partial charge on any atom is 0.0943 e. The average molecular weight is 222 g/mol. The molecule has 0 aliphatic rings. The topological polar surface area (TPSA) is 35.2 Å². The third-order valence-corrected chi connectivity index (χ3v) is 1.99. The van der Waals surface area contributed by atoms with Crippen LogP contribution in [0.5, 0.6) is 0 Å². The zero-order valence-corrected chi connectivity index (χ0v) is 8.94. The Morgan fingerprint density at radius 2 is 1.92 bits per heavy atom. The van der Waals surface area contributed by atoms with Gasteiger partial charge in [-0.2, -0.15) is 0 Å². The van der Waals surface area contributed by atoms with Gasteiger partial charge in [0, 0.05) is 18.7 Å². The third-order valence-electron chi connectivity index (χ3n) is 1.74. The van der Waals surface area contributed by atoms with Crippen molar-refractivity contribution < 1.29 is 4.74 Å². The van der Waals surface area contributed by atoms with Gasteiger partial charge in [0.25, 0.3) is 0 Å². The number of benzene rings is 1. The molecule has 1 aromatic carbocycles. The molecule has 1 rings (SSSR count). The van der Waals surface area contributed by atoms with E-state index in [9.17, 15) is 0 Å². The van der Waals surface area contributed by atoms with Gasteiger partial charge in [0.05, 0.1) is 6.10 Å². The minimum atomic E-state index is -0.0257. The Bertz CT molecular complexity index is 234. The highest BCUT2D eigenvalue weighted by atomic mass is 35.5. The van der Waals surface area contributed by atoms with Crippen molar-refractivity contribution >= 4 is 24.0 Å². The van der Waals surface area contributed by atoms with Crippen molar-refractivity contribution in [3.63, 3.8) is 0 Å². The Kier molecular flexibility index (Phi) is 6.08. The minimum Gasteiger partial charge on any atom is -0.375 e. The molecule has 0 aliphatic heterocycles. The van der Waals surface area contributed by atoms with Crippen LogP contribution in [0.1, 0.15) is 11.7 Å². The van der Waals surface area contributed by atoms with Gasteiger partial charge in [0.2, 0.25) is 0 Å². The summed E-state index contributed by atoms with van der Waals surface area (Å²) < 4.78 is 5.16. The predicted octanol–water partition coefficient (Wildman–Crippen LogP) is 2.41. The van der Waals surface area contributed by atoms with E-state index in [1.165, 1.54) is 0 Å². The molecule has 2 N–H and O–H groups in total. The highest BCUT2D eigenvalue weighted by Crippen LogP contribution is 2.17. The van der Waals surface area contributed by atoms with Crippen LogP contribution in [0.25, 0.3) is 0 Å². The smallest absolute Gasteiger partial charge is 0.0943 e. The summed E-state index contributed by atoms with van der Waals surface area (Å²) in [6.07, 6.45) is -0.0257. The van der Waals surface area contributed by atoms with Crippen LogP contribution in [0.15, 0.2) is 24.3 Å². The van der Waals surface area contributed by atoms with E-state index in [1.807, 2.05) is 24.3 Å². The molecule has 0 aliphatic carbocycles. The standard InChI is InChI=1S/C9H12ClNO.ClH/c1-12-9(6-11)7-2-4-8(10)5-3-7;/h2-5,9H,6,11H2,1H3;1H. The SMILES string of the molecule is COC(CN)c1ccc(Cl)cc1.Cl. The molecule has 0 saturated heterocycles. The molecule has 13 heavy (non-hydrogen) atoms. The van der Waals surface area contributed by atoms with E-state index in [-0.39, 0.29) is 18.5 Å². The predicted molar refractivity (Wildman–Crippen MR) is 57.5 cm³/mol. The number of nitrogens with two attached hydrogens (primary N) is 1. The fourth-order valence-corrected chi connectivity index (χ4v) is 1.17. The number of methoxy groups -OCH3 is 1. The first-order valence-corrected chi connectivity index (χ1v) is 4.14. The largest absolute Gasteiger partial charge is 0.375 e. The summed E-state index contributed by atoms with van der Waals surface area (Å²) >= 11 is 5.73. The van der Waals surface area contributed by atoms with Crippen molar-refractivity contribution in [3.8, 4) is 0 Å². The van der Waals surface area contributed by atoms with Gasteiger partial charge in [-0.25, -0.2) is 0 Å². The highest BCUT2D eigenvalue weighted by molar-refractivity contribution is 6.30. The molecule has 74 valence electrons. The normalized spacial score (nSPS) is 11.9. The van der Waals surface area contributed by atoms with Crippen LogP contribution >= 0.6 is 24.0 Å². The molecule has 0 aromatic heterocycles. The fourth-order valence-electron chi connectivity index (χ4n) is 1.05. The van der Waals surface area contributed by atoms with E-state index >= 15 is 0 Å². The summed E-state index contributed by atoms with van der Waals surface area (Å²) in [5, 5.41) is 0.727. The van der Waals surface area contributed by atoms with Crippen molar-refractivity contribution in [1.29, 1.82) is 0 Å². The lowest BCUT2D eigenvalue weighted by molar-refractivity contribution is 0.110. The van der Waals surface area contributed by atoms with Crippen LogP contribution in [-0.2, 0) is 4.74 Å². The molecular formula is C9H13Cl2NO. The first-order chi connectivity index (χ1) is 5.77. The zero-order chi connectivity index (χ0) is 8.97. The quantitative estimate of drug-likeness (QED) is 0.852. The second-order valence-corrected chi connectivity index (χ2v) is 2.95. The number of halogens is 2. The number of hydrogen-bond acceptors (Lipinski definition) is 2. The van der Waals surface area contributed by atoms with Crippen LogP contribution in [0, 0.1) is 0 Å². The van der Waals surface area contributed by atoms with Crippen molar-refractivity contribution in [2.75, 3.05) is 13.7 Å². The van der Waals surface area contributed by atoms with E-state index in [0.29, 0.717) is 6.54 Å². The maximum atomic E-state index is 5.73. The van der Waals surface area contributed by atoms with Gasteiger partial charge in [-0.1, -0.05) is 23.7 Å². The monoisotopic (exact) mass is 221 g/mol. The van der Waals surface area contributed by atoms with Crippen LogP contribution in [0.3, 0.4) is 0 Å². The summed E-state index contributed by atoms with van der Waals surface area (Å²) in [5.41, 5.74) is 6.56. The lowest BCUT2D eigenvalue weighted by atomic mass is 10.1. The number of ether oxygens (including phenoxy) is 1. The van der Waals surface area contributed by atoms with E-state index in [2.05, 4.69) is 0 Å². The zero-order valence-electron chi connectivity index (χ0n) is 7.37. The summed E-state index contributed by atoms with van der Waals surface area (Å²) in [5.74, 6) is 0. The summed E-state index contributed by atoms with van der Waals surface area (Å²) in [4.78, 5) is 0. The van der Waals surface area contributed by atoms with Crippen LogP contribution in [-0.4, -0.2) is 13.7 Å².